The minimum atomic E-state index is 0.311. The summed E-state index contributed by atoms with van der Waals surface area (Å²) in [5.41, 5.74) is 8.61. The van der Waals surface area contributed by atoms with Crippen LogP contribution < -0.4 is 11.1 Å². The van der Waals surface area contributed by atoms with E-state index in [1.54, 1.807) is 11.3 Å². The number of aromatic nitrogens is 5. The molecule has 0 radical (unpaired) electrons. The highest BCUT2D eigenvalue weighted by Crippen LogP contribution is 2.38. The van der Waals surface area contributed by atoms with Crippen molar-refractivity contribution in [2.24, 2.45) is 5.41 Å². The quantitative estimate of drug-likeness (QED) is 0.380. The second-order valence-electron chi connectivity index (χ2n) is 8.21. The van der Waals surface area contributed by atoms with Crippen LogP contribution in [0.3, 0.4) is 0 Å². The maximum Gasteiger partial charge on any atom is 0.177 e. The van der Waals surface area contributed by atoms with Crippen LogP contribution in [0, 0.1) is 5.41 Å². The van der Waals surface area contributed by atoms with Crippen LogP contribution in [0.25, 0.3) is 21.4 Å². The molecule has 0 amide bonds. The number of hydrogen-bond acceptors (Lipinski definition) is 8. The summed E-state index contributed by atoms with van der Waals surface area (Å²) in [6.45, 7) is 9.24. The predicted octanol–water partition coefficient (Wildman–Crippen LogP) is 4.85. The van der Waals surface area contributed by atoms with E-state index in [1.165, 1.54) is 18.1 Å². The van der Waals surface area contributed by atoms with Crippen LogP contribution in [0.4, 0.5) is 5.82 Å². The summed E-state index contributed by atoms with van der Waals surface area (Å²) in [4.78, 5) is 17.9. The van der Waals surface area contributed by atoms with E-state index in [2.05, 4.69) is 40.6 Å². The fourth-order valence-electron chi connectivity index (χ4n) is 3.01. The third-order valence-electron chi connectivity index (χ3n) is 4.62. The van der Waals surface area contributed by atoms with E-state index in [0.29, 0.717) is 21.8 Å². The van der Waals surface area contributed by atoms with Gasteiger partial charge >= 0.3 is 0 Å². The van der Waals surface area contributed by atoms with Gasteiger partial charge in [-0.15, -0.1) is 11.3 Å². The molecule has 4 rings (SSSR count). The molecule has 0 bridgehead atoms. The number of rotatable bonds is 7. The van der Waals surface area contributed by atoms with Crippen molar-refractivity contribution >= 4 is 61.9 Å². The smallest absolute Gasteiger partial charge is 0.177 e. The minimum absolute atomic E-state index is 0.311. The molecule has 0 fully saturated rings. The number of benzene rings is 1. The summed E-state index contributed by atoms with van der Waals surface area (Å²) in [5.74, 6) is 0.383. The number of anilines is 1. The maximum absolute atomic E-state index is 6.32. The van der Waals surface area contributed by atoms with Gasteiger partial charge in [-0.3, -0.25) is 0 Å². The van der Waals surface area contributed by atoms with Crippen LogP contribution in [0.15, 0.2) is 34.0 Å². The number of thiazole rings is 1. The van der Waals surface area contributed by atoms with Gasteiger partial charge in [0.15, 0.2) is 26.5 Å². The summed E-state index contributed by atoms with van der Waals surface area (Å²) in [6, 6.07) is 5.76. The van der Waals surface area contributed by atoms with Gasteiger partial charge in [-0.25, -0.2) is 19.9 Å². The molecule has 0 aliphatic heterocycles. The SMILES string of the molecule is CC(C)(C)CCNCCn1c(Sc2nc3cccc(Cl)c3s2)nc2c(N)ncnc21. The normalized spacial score (nSPS) is 12.3. The molecule has 3 N–H and O–H groups in total. The van der Waals surface area contributed by atoms with E-state index in [4.69, 9.17) is 27.3 Å². The molecule has 30 heavy (non-hydrogen) atoms. The van der Waals surface area contributed by atoms with E-state index < -0.39 is 0 Å². The second-order valence-corrected chi connectivity index (χ2v) is 10.8. The molecular formula is C20H24ClN7S2. The molecular weight excluding hydrogens is 438 g/mol. The highest BCUT2D eigenvalue weighted by atomic mass is 35.5. The molecule has 0 aliphatic carbocycles. The fraction of sp³-hybridized carbons (Fsp3) is 0.400. The summed E-state index contributed by atoms with van der Waals surface area (Å²) < 4.78 is 3.94. The van der Waals surface area contributed by atoms with Crippen LogP contribution >= 0.6 is 34.7 Å². The van der Waals surface area contributed by atoms with Gasteiger partial charge in [0.2, 0.25) is 0 Å². The maximum atomic E-state index is 6.32. The molecule has 158 valence electrons. The molecule has 0 spiro atoms. The first kappa shape index (κ1) is 21.3. The van der Waals surface area contributed by atoms with E-state index in [-0.39, 0.29) is 0 Å². The Balaban J connectivity index is 1.59. The molecule has 0 aliphatic rings. The first-order valence-electron chi connectivity index (χ1n) is 9.72. The van der Waals surface area contributed by atoms with Gasteiger partial charge < -0.3 is 15.6 Å². The first-order chi connectivity index (χ1) is 14.3. The monoisotopic (exact) mass is 461 g/mol. The molecule has 0 saturated heterocycles. The predicted molar refractivity (Wildman–Crippen MR) is 125 cm³/mol. The number of fused-ring (bicyclic) bond motifs is 2. The Morgan fingerprint density at radius 3 is 2.80 bits per heavy atom. The third kappa shape index (κ3) is 4.69. The fourth-order valence-corrected chi connectivity index (χ4v) is 5.36. The summed E-state index contributed by atoms with van der Waals surface area (Å²) in [6.07, 6.45) is 2.59. The molecule has 0 unspecified atom stereocenters. The topological polar surface area (TPSA) is 94.5 Å². The Labute approximate surface area is 188 Å². The summed E-state index contributed by atoms with van der Waals surface area (Å²) >= 11 is 9.38. The Hall–Kier alpha value is -1.94. The van der Waals surface area contributed by atoms with Crippen molar-refractivity contribution in [3.63, 3.8) is 0 Å². The number of nitrogens with two attached hydrogens (primary N) is 1. The van der Waals surface area contributed by atoms with Crippen molar-refractivity contribution in [1.29, 1.82) is 0 Å². The Morgan fingerprint density at radius 2 is 2.03 bits per heavy atom. The van der Waals surface area contributed by atoms with Gasteiger partial charge in [-0.2, -0.15) is 0 Å². The Morgan fingerprint density at radius 1 is 1.20 bits per heavy atom. The largest absolute Gasteiger partial charge is 0.382 e. The lowest BCUT2D eigenvalue weighted by atomic mass is 9.92. The van der Waals surface area contributed by atoms with Gasteiger partial charge in [0.05, 0.1) is 15.2 Å². The average Bonchev–Trinajstić information content (AvgIpc) is 3.24. The van der Waals surface area contributed by atoms with Gasteiger partial charge in [0.1, 0.15) is 6.33 Å². The number of imidazole rings is 1. The number of halogens is 1. The van der Waals surface area contributed by atoms with Crippen molar-refractivity contribution in [3.8, 4) is 0 Å². The lowest BCUT2D eigenvalue weighted by molar-refractivity contribution is 0.365. The van der Waals surface area contributed by atoms with Gasteiger partial charge in [0.25, 0.3) is 0 Å². The molecule has 10 heteroatoms. The third-order valence-corrected chi connectivity index (χ3v) is 7.20. The van der Waals surface area contributed by atoms with Crippen LogP contribution in [-0.2, 0) is 6.54 Å². The van der Waals surface area contributed by atoms with E-state index in [1.807, 2.05) is 18.2 Å². The number of hydrogen-bond donors (Lipinski definition) is 2. The first-order valence-corrected chi connectivity index (χ1v) is 11.7. The molecule has 7 nitrogen and oxygen atoms in total. The Kier molecular flexibility index (Phi) is 6.15. The van der Waals surface area contributed by atoms with Crippen molar-refractivity contribution in [3.05, 3.63) is 29.5 Å². The molecule has 3 aromatic heterocycles. The van der Waals surface area contributed by atoms with Crippen LogP contribution in [0.1, 0.15) is 27.2 Å². The van der Waals surface area contributed by atoms with Crippen molar-refractivity contribution in [2.75, 3.05) is 18.8 Å². The molecule has 0 saturated carbocycles. The average molecular weight is 462 g/mol. The highest BCUT2D eigenvalue weighted by molar-refractivity contribution is 8.01. The number of nitrogens with one attached hydrogen (secondary N) is 1. The highest BCUT2D eigenvalue weighted by Gasteiger charge is 2.18. The molecule has 3 heterocycles. The summed E-state index contributed by atoms with van der Waals surface area (Å²) in [5, 5.41) is 5.02. The standard InChI is InChI=1S/C20H24ClN7S2/c1-20(2,3)7-8-23-9-10-28-17-14(16(22)24-11-25-17)27-18(28)30-19-26-13-6-4-5-12(21)15(13)29-19/h4-6,11,23H,7-10H2,1-3H3,(H2,22,24,25). The van der Waals surface area contributed by atoms with E-state index in [0.717, 1.165) is 51.4 Å². The van der Waals surface area contributed by atoms with Crippen LogP contribution in [-0.4, -0.2) is 37.6 Å². The van der Waals surface area contributed by atoms with E-state index >= 15 is 0 Å². The number of nitrogens with zero attached hydrogens (tertiary/aromatic N) is 5. The van der Waals surface area contributed by atoms with Crippen LogP contribution in [0.5, 0.6) is 0 Å². The molecule has 0 atom stereocenters. The lowest BCUT2D eigenvalue weighted by Gasteiger charge is -2.18. The second kappa shape index (κ2) is 8.66. The zero-order valence-electron chi connectivity index (χ0n) is 17.1. The van der Waals surface area contributed by atoms with Gasteiger partial charge in [0, 0.05) is 13.1 Å². The Bertz CT molecular complexity index is 1180. The van der Waals surface area contributed by atoms with Crippen molar-refractivity contribution < 1.29 is 0 Å². The minimum Gasteiger partial charge on any atom is -0.382 e. The van der Waals surface area contributed by atoms with Gasteiger partial charge in [-0.05, 0) is 42.3 Å². The van der Waals surface area contributed by atoms with Crippen molar-refractivity contribution in [1.82, 2.24) is 29.8 Å². The molecule has 1 aromatic carbocycles. The lowest BCUT2D eigenvalue weighted by Crippen LogP contribution is -2.24. The zero-order chi connectivity index (χ0) is 21.3. The van der Waals surface area contributed by atoms with E-state index in [9.17, 15) is 0 Å². The molecule has 4 aromatic rings. The summed E-state index contributed by atoms with van der Waals surface area (Å²) in [7, 11) is 0. The zero-order valence-corrected chi connectivity index (χ0v) is 19.5. The van der Waals surface area contributed by atoms with Crippen molar-refractivity contribution in [2.45, 2.75) is 43.2 Å². The van der Waals surface area contributed by atoms with Crippen LogP contribution in [0.2, 0.25) is 5.02 Å². The van der Waals surface area contributed by atoms with Gasteiger partial charge in [-0.1, -0.05) is 38.4 Å². The number of nitrogen functional groups attached to an aromatic ring is 1.